The number of aromatic hydroxyl groups is 1. The van der Waals surface area contributed by atoms with Crippen molar-refractivity contribution in [2.75, 3.05) is 27.2 Å². The average molecular weight is 540 g/mol. The first-order valence-corrected chi connectivity index (χ1v) is 12.8. The van der Waals surface area contributed by atoms with Crippen molar-refractivity contribution in [3.05, 3.63) is 61.1 Å². The first kappa shape index (κ1) is 26.2. The molecule has 3 rings (SSSR count). The lowest BCUT2D eigenvalue weighted by molar-refractivity contribution is 0.0951. The third-order valence-corrected chi connectivity index (χ3v) is 7.62. The Morgan fingerprint density at radius 2 is 1.79 bits per heavy atom. The number of thiophene rings is 2. The first-order valence-electron chi connectivity index (χ1n) is 10.3. The Morgan fingerprint density at radius 3 is 2.47 bits per heavy atom. The minimum atomic E-state index is -0.435. The molecule has 3 aromatic rings. The topological polar surface area (TPSA) is 94.0 Å². The Kier molecular flexibility index (Phi) is 9.10. The number of carbonyl (C=O) groups is 2. The number of carbonyl (C=O) groups excluding carboxylic acids is 2. The fourth-order valence-corrected chi connectivity index (χ4v) is 5.08. The smallest absolute Gasteiger partial charge is 0.281 e. The van der Waals surface area contributed by atoms with E-state index in [1.807, 2.05) is 19.0 Å². The van der Waals surface area contributed by atoms with Gasteiger partial charge in [-0.1, -0.05) is 29.3 Å². The number of nitrogens with zero attached hydrogens (tertiary/aromatic N) is 2. The van der Waals surface area contributed by atoms with Crippen molar-refractivity contribution in [1.29, 1.82) is 0 Å². The van der Waals surface area contributed by atoms with Gasteiger partial charge in [0.2, 0.25) is 0 Å². The van der Waals surface area contributed by atoms with Crippen LogP contribution in [-0.2, 0) is 0 Å². The van der Waals surface area contributed by atoms with Crippen LogP contribution in [-0.4, -0.2) is 54.7 Å². The molecule has 0 radical (unpaired) electrons. The normalized spacial score (nSPS) is 11.6. The minimum Gasteiger partial charge on any atom is -0.506 e. The molecule has 0 atom stereocenters. The van der Waals surface area contributed by atoms with Gasteiger partial charge in [-0.05, 0) is 63.8 Å². The highest BCUT2D eigenvalue weighted by Crippen LogP contribution is 2.40. The van der Waals surface area contributed by atoms with Crippen molar-refractivity contribution < 1.29 is 14.7 Å². The first-order chi connectivity index (χ1) is 16.2. The van der Waals surface area contributed by atoms with E-state index in [1.165, 1.54) is 11.3 Å². The van der Waals surface area contributed by atoms with Gasteiger partial charge in [0.15, 0.2) is 0 Å². The summed E-state index contributed by atoms with van der Waals surface area (Å²) in [6.07, 6.45) is 0.841. The highest BCUT2D eigenvalue weighted by Gasteiger charge is 2.17. The Morgan fingerprint density at radius 1 is 1.09 bits per heavy atom. The third kappa shape index (κ3) is 6.58. The molecule has 1 aromatic carbocycles. The predicted molar refractivity (Wildman–Crippen MR) is 141 cm³/mol. The van der Waals surface area contributed by atoms with Crippen molar-refractivity contribution in [3.8, 4) is 16.2 Å². The van der Waals surface area contributed by atoms with E-state index in [0.717, 1.165) is 29.9 Å². The number of hydrazone groups is 1. The van der Waals surface area contributed by atoms with Gasteiger partial charge in [0, 0.05) is 11.9 Å². The van der Waals surface area contributed by atoms with Gasteiger partial charge in [0.25, 0.3) is 11.8 Å². The summed E-state index contributed by atoms with van der Waals surface area (Å²) in [6, 6.07) is 8.32. The Bertz CT molecular complexity index is 1220. The standard InChI is InChI=1S/C23H24Cl2N4O3S2/c1-13(15-12-33-21(20(15)30)14-5-6-16(24)17(25)11-14)27-28-23(32)19-8-7-18(34-19)22(31)26-9-4-10-29(2)3/h5-8,11-12,30H,4,9-10H2,1-3H3,(H,26,31)(H,28,32)/b27-13+. The molecule has 0 fully saturated rings. The molecule has 34 heavy (non-hydrogen) atoms. The van der Waals surface area contributed by atoms with Gasteiger partial charge in [0.1, 0.15) is 5.75 Å². The van der Waals surface area contributed by atoms with Crippen LogP contribution in [0.4, 0.5) is 0 Å². The summed E-state index contributed by atoms with van der Waals surface area (Å²) in [4.78, 5) is 28.2. The van der Waals surface area contributed by atoms with E-state index in [2.05, 4.69) is 15.8 Å². The van der Waals surface area contributed by atoms with E-state index in [1.54, 1.807) is 42.6 Å². The monoisotopic (exact) mass is 538 g/mol. The lowest BCUT2D eigenvalue weighted by atomic mass is 10.1. The maximum atomic E-state index is 12.5. The van der Waals surface area contributed by atoms with E-state index in [9.17, 15) is 14.7 Å². The molecule has 3 N–H and O–H groups in total. The van der Waals surface area contributed by atoms with Gasteiger partial charge in [0.05, 0.1) is 36.0 Å². The van der Waals surface area contributed by atoms with Crippen LogP contribution < -0.4 is 10.7 Å². The molecule has 2 heterocycles. The molecule has 0 aliphatic rings. The fourth-order valence-electron chi connectivity index (χ4n) is 2.97. The molecule has 11 heteroatoms. The van der Waals surface area contributed by atoms with E-state index in [4.69, 9.17) is 23.2 Å². The molecular weight excluding hydrogens is 515 g/mol. The van der Waals surface area contributed by atoms with Crippen LogP contribution in [0.2, 0.25) is 10.0 Å². The number of halogens is 2. The molecular formula is C23H24Cl2N4O3S2. The largest absolute Gasteiger partial charge is 0.506 e. The summed E-state index contributed by atoms with van der Waals surface area (Å²) < 4.78 is 0. The molecule has 0 spiro atoms. The highest BCUT2D eigenvalue weighted by atomic mass is 35.5. The number of hydrogen-bond donors (Lipinski definition) is 3. The molecule has 0 bridgehead atoms. The molecule has 0 aliphatic carbocycles. The molecule has 2 amide bonds. The second-order valence-electron chi connectivity index (χ2n) is 7.67. The molecule has 0 saturated carbocycles. The maximum Gasteiger partial charge on any atom is 0.281 e. The fraction of sp³-hybridized carbons (Fsp3) is 0.261. The van der Waals surface area contributed by atoms with Crippen molar-refractivity contribution in [3.63, 3.8) is 0 Å². The van der Waals surface area contributed by atoms with Crippen molar-refractivity contribution in [1.82, 2.24) is 15.6 Å². The highest BCUT2D eigenvalue weighted by molar-refractivity contribution is 7.16. The summed E-state index contributed by atoms with van der Waals surface area (Å²) in [5, 5.41) is 20.2. The van der Waals surface area contributed by atoms with Crippen molar-refractivity contribution in [2.24, 2.45) is 5.10 Å². The molecule has 180 valence electrons. The number of hydrogen-bond acceptors (Lipinski definition) is 7. The van der Waals surface area contributed by atoms with Crippen LogP contribution in [0, 0.1) is 0 Å². The van der Waals surface area contributed by atoms with Gasteiger partial charge in [-0.2, -0.15) is 5.10 Å². The van der Waals surface area contributed by atoms with Crippen molar-refractivity contribution >= 4 is 63.4 Å². The molecule has 2 aromatic heterocycles. The summed E-state index contributed by atoms with van der Waals surface area (Å²) in [6.45, 7) is 3.13. The lowest BCUT2D eigenvalue weighted by Crippen LogP contribution is -2.26. The minimum absolute atomic E-state index is 0.0447. The van der Waals surface area contributed by atoms with Gasteiger partial charge >= 0.3 is 0 Å². The number of rotatable bonds is 9. The second-order valence-corrected chi connectivity index (χ2v) is 10.4. The molecule has 0 aliphatic heterocycles. The summed E-state index contributed by atoms with van der Waals surface area (Å²) >= 11 is 14.5. The Labute approximate surface area is 216 Å². The van der Waals surface area contributed by atoms with Crippen molar-refractivity contribution in [2.45, 2.75) is 13.3 Å². The third-order valence-electron chi connectivity index (χ3n) is 4.78. The van der Waals surface area contributed by atoms with Gasteiger partial charge in [-0.15, -0.1) is 22.7 Å². The summed E-state index contributed by atoms with van der Waals surface area (Å²) in [7, 11) is 3.95. The predicted octanol–water partition coefficient (Wildman–Crippen LogP) is 5.32. The number of benzene rings is 1. The zero-order valence-corrected chi connectivity index (χ0v) is 22.0. The van der Waals surface area contributed by atoms with Gasteiger partial charge in [-0.25, -0.2) is 5.43 Å². The Hall–Kier alpha value is -2.43. The van der Waals surface area contributed by atoms with Crippen LogP contribution in [0.5, 0.6) is 5.75 Å². The second kappa shape index (κ2) is 11.8. The zero-order chi connectivity index (χ0) is 24.8. The van der Waals surface area contributed by atoms with E-state index in [-0.39, 0.29) is 11.7 Å². The van der Waals surface area contributed by atoms with Crippen LogP contribution in [0.3, 0.4) is 0 Å². The summed E-state index contributed by atoms with van der Waals surface area (Å²) in [5.41, 5.74) is 4.14. The van der Waals surface area contributed by atoms with E-state index >= 15 is 0 Å². The lowest BCUT2D eigenvalue weighted by Gasteiger charge is -2.09. The quantitative estimate of drug-likeness (QED) is 0.195. The molecule has 0 saturated heterocycles. The van der Waals surface area contributed by atoms with Gasteiger partial charge in [-0.3, -0.25) is 9.59 Å². The van der Waals surface area contributed by atoms with Gasteiger partial charge < -0.3 is 15.3 Å². The Balaban J connectivity index is 1.63. The van der Waals surface area contributed by atoms with E-state index in [0.29, 0.717) is 42.5 Å². The maximum absolute atomic E-state index is 12.5. The molecule has 7 nitrogen and oxygen atoms in total. The zero-order valence-electron chi connectivity index (χ0n) is 18.8. The molecule has 0 unspecified atom stereocenters. The van der Waals surface area contributed by atoms with E-state index < -0.39 is 5.91 Å². The SMILES string of the molecule is C/C(=N\NC(=O)c1ccc(C(=O)NCCCN(C)C)s1)c1csc(-c2ccc(Cl)c(Cl)c2)c1O. The van der Waals surface area contributed by atoms with Crippen LogP contribution in [0.15, 0.2) is 40.8 Å². The average Bonchev–Trinajstić information content (AvgIpc) is 3.44. The van der Waals surface area contributed by atoms with Crippen LogP contribution in [0.1, 0.15) is 38.3 Å². The number of amides is 2. The number of nitrogens with one attached hydrogen (secondary N) is 2. The van der Waals surface area contributed by atoms with Crippen LogP contribution in [0.25, 0.3) is 10.4 Å². The van der Waals surface area contributed by atoms with Crippen LogP contribution >= 0.6 is 45.9 Å². The summed E-state index contributed by atoms with van der Waals surface area (Å²) in [5.74, 6) is -0.598.